The van der Waals surface area contributed by atoms with Crippen molar-refractivity contribution < 1.29 is 28.6 Å². The molecule has 1 unspecified atom stereocenters. The SMILES string of the molecule is CCCC/C=C\CCCCCCC(=O)OCC(COC(=O)CCCCCCCCCCCCCCCCCCCCC)OC(=O)CCCCC/C=C\C=C/CCCCCCCCC. The highest BCUT2D eigenvalue weighted by atomic mass is 16.6. The van der Waals surface area contributed by atoms with Crippen LogP contribution >= 0.6 is 0 Å². The van der Waals surface area contributed by atoms with Gasteiger partial charge in [-0.1, -0.05) is 243 Å². The molecular weight excluding hydrogens is 781 g/mol. The number of carbonyl (C=O) groups is 3. The molecule has 6 nitrogen and oxygen atoms in total. The molecule has 0 aliphatic carbocycles. The molecule has 63 heavy (non-hydrogen) atoms. The van der Waals surface area contributed by atoms with Crippen LogP contribution in [0.5, 0.6) is 0 Å². The third-order valence-corrected chi connectivity index (χ3v) is 12.1. The van der Waals surface area contributed by atoms with Crippen LogP contribution in [-0.4, -0.2) is 37.2 Å². The summed E-state index contributed by atoms with van der Waals surface area (Å²) in [5.74, 6) is -0.912. The first-order valence-electron chi connectivity index (χ1n) is 27.5. The minimum absolute atomic E-state index is 0.0833. The van der Waals surface area contributed by atoms with Crippen LogP contribution in [0, 0.1) is 0 Å². The van der Waals surface area contributed by atoms with Crippen LogP contribution in [0.4, 0.5) is 0 Å². The first-order valence-corrected chi connectivity index (χ1v) is 27.5. The van der Waals surface area contributed by atoms with Crippen molar-refractivity contribution in [1.82, 2.24) is 0 Å². The van der Waals surface area contributed by atoms with Crippen molar-refractivity contribution in [3.05, 3.63) is 36.5 Å². The first-order chi connectivity index (χ1) is 31.0. The van der Waals surface area contributed by atoms with Crippen molar-refractivity contribution in [1.29, 1.82) is 0 Å². The Morgan fingerprint density at radius 1 is 0.317 bits per heavy atom. The Bertz CT molecular complexity index is 1060. The molecule has 0 radical (unpaired) electrons. The molecule has 368 valence electrons. The molecule has 0 bridgehead atoms. The highest BCUT2D eigenvalue weighted by molar-refractivity contribution is 5.71. The van der Waals surface area contributed by atoms with Gasteiger partial charge in [0.15, 0.2) is 6.10 Å². The summed E-state index contributed by atoms with van der Waals surface area (Å²) in [5.41, 5.74) is 0. The molecular formula is C57H104O6. The fraction of sp³-hybridized carbons (Fsp3) is 0.842. The van der Waals surface area contributed by atoms with Crippen molar-refractivity contribution in [3.8, 4) is 0 Å². The lowest BCUT2D eigenvalue weighted by Crippen LogP contribution is -2.30. The van der Waals surface area contributed by atoms with Gasteiger partial charge >= 0.3 is 17.9 Å². The molecule has 0 aliphatic rings. The molecule has 0 saturated heterocycles. The number of allylic oxidation sites excluding steroid dienone is 6. The van der Waals surface area contributed by atoms with Gasteiger partial charge in [0.1, 0.15) is 13.2 Å². The van der Waals surface area contributed by atoms with Gasteiger partial charge < -0.3 is 14.2 Å². The van der Waals surface area contributed by atoms with Gasteiger partial charge in [0.2, 0.25) is 0 Å². The third kappa shape index (κ3) is 50.5. The third-order valence-electron chi connectivity index (χ3n) is 12.1. The normalized spacial score (nSPS) is 12.2. The number of unbranched alkanes of at least 4 members (excludes halogenated alkanes) is 34. The van der Waals surface area contributed by atoms with Crippen LogP contribution in [-0.2, 0) is 28.6 Å². The Morgan fingerprint density at radius 3 is 0.952 bits per heavy atom. The van der Waals surface area contributed by atoms with E-state index in [0.29, 0.717) is 19.3 Å². The standard InChI is InChI=1S/C57H104O6/c1-4-7-10-13-16-19-22-24-26-28-29-30-32-33-35-38-41-44-47-50-56(59)62-53-54(52-61-55(58)49-46-43-40-37-21-18-15-12-9-6-3)63-57(60)51-48-45-42-39-36-34-31-27-25-23-20-17-14-11-8-5-2/h15,18,27,31,34,36,54H,4-14,16-17,19-26,28-30,32-33,35,37-53H2,1-3H3/b18-15-,31-27-,36-34-. The fourth-order valence-electron chi connectivity index (χ4n) is 7.94. The van der Waals surface area contributed by atoms with E-state index < -0.39 is 6.10 Å². The van der Waals surface area contributed by atoms with E-state index in [0.717, 1.165) is 89.9 Å². The number of ether oxygens (including phenoxy) is 3. The van der Waals surface area contributed by atoms with E-state index >= 15 is 0 Å². The fourth-order valence-corrected chi connectivity index (χ4v) is 7.94. The molecule has 0 amide bonds. The number of esters is 3. The largest absolute Gasteiger partial charge is 0.462 e. The molecule has 0 rings (SSSR count). The lowest BCUT2D eigenvalue weighted by molar-refractivity contribution is -0.167. The van der Waals surface area contributed by atoms with E-state index in [1.54, 1.807) is 0 Å². The average Bonchev–Trinajstić information content (AvgIpc) is 3.28. The topological polar surface area (TPSA) is 78.9 Å². The molecule has 0 spiro atoms. The summed E-state index contributed by atoms with van der Waals surface area (Å²) in [6.45, 7) is 6.59. The molecule has 0 saturated carbocycles. The summed E-state index contributed by atoms with van der Waals surface area (Å²) >= 11 is 0. The Kier molecular flexibility index (Phi) is 50.3. The van der Waals surface area contributed by atoms with E-state index in [9.17, 15) is 14.4 Å². The summed E-state index contributed by atoms with van der Waals surface area (Å²) in [6.07, 6.45) is 61.4. The Morgan fingerprint density at radius 2 is 0.587 bits per heavy atom. The molecule has 0 N–H and O–H groups in total. The lowest BCUT2D eigenvalue weighted by atomic mass is 10.0. The van der Waals surface area contributed by atoms with Crippen molar-refractivity contribution in [2.75, 3.05) is 13.2 Å². The summed E-state index contributed by atoms with van der Waals surface area (Å²) in [7, 11) is 0. The van der Waals surface area contributed by atoms with Gasteiger partial charge in [0, 0.05) is 19.3 Å². The van der Waals surface area contributed by atoms with Crippen LogP contribution < -0.4 is 0 Å². The maximum Gasteiger partial charge on any atom is 0.306 e. The second kappa shape index (κ2) is 52.3. The summed E-state index contributed by atoms with van der Waals surface area (Å²) < 4.78 is 16.8. The van der Waals surface area contributed by atoms with Crippen LogP contribution in [0.3, 0.4) is 0 Å². The Hall–Kier alpha value is -2.37. The summed E-state index contributed by atoms with van der Waals surface area (Å²) in [5, 5.41) is 0. The highest BCUT2D eigenvalue weighted by Gasteiger charge is 2.19. The number of hydrogen-bond donors (Lipinski definition) is 0. The van der Waals surface area contributed by atoms with Gasteiger partial charge in [-0.25, -0.2) is 0 Å². The van der Waals surface area contributed by atoms with Gasteiger partial charge in [0.25, 0.3) is 0 Å². The van der Waals surface area contributed by atoms with Crippen LogP contribution in [0.15, 0.2) is 36.5 Å². The first kappa shape index (κ1) is 60.6. The van der Waals surface area contributed by atoms with E-state index in [1.165, 1.54) is 161 Å². The molecule has 0 aliphatic heterocycles. The number of hydrogen-bond acceptors (Lipinski definition) is 6. The monoisotopic (exact) mass is 885 g/mol. The van der Waals surface area contributed by atoms with Crippen molar-refractivity contribution in [3.63, 3.8) is 0 Å². The van der Waals surface area contributed by atoms with Crippen LogP contribution in [0.1, 0.15) is 290 Å². The average molecular weight is 885 g/mol. The van der Waals surface area contributed by atoms with Crippen molar-refractivity contribution >= 4 is 17.9 Å². The zero-order valence-corrected chi connectivity index (χ0v) is 42.1. The highest BCUT2D eigenvalue weighted by Crippen LogP contribution is 2.16. The zero-order valence-electron chi connectivity index (χ0n) is 42.1. The number of carbonyl (C=O) groups excluding carboxylic acids is 3. The van der Waals surface area contributed by atoms with E-state index in [-0.39, 0.29) is 31.1 Å². The van der Waals surface area contributed by atoms with Gasteiger partial charge in [-0.2, -0.15) is 0 Å². The van der Waals surface area contributed by atoms with E-state index in [1.807, 2.05) is 0 Å². The molecule has 0 fully saturated rings. The van der Waals surface area contributed by atoms with Gasteiger partial charge in [0.05, 0.1) is 0 Å². The second-order valence-corrected chi connectivity index (χ2v) is 18.5. The quantitative estimate of drug-likeness (QED) is 0.0199. The van der Waals surface area contributed by atoms with Crippen molar-refractivity contribution in [2.45, 2.75) is 297 Å². The van der Waals surface area contributed by atoms with E-state index in [4.69, 9.17) is 14.2 Å². The van der Waals surface area contributed by atoms with E-state index in [2.05, 4.69) is 57.2 Å². The van der Waals surface area contributed by atoms with Gasteiger partial charge in [-0.05, 0) is 64.2 Å². The molecule has 1 atom stereocenters. The minimum atomic E-state index is -0.786. The second-order valence-electron chi connectivity index (χ2n) is 18.5. The smallest absolute Gasteiger partial charge is 0.306 e. The van der Waals surface area contributed by atoms with Crippen LogP contribution in [0.25, 0.3) is 0 Å². The molecule has 0 heterocycles. The molecule has 0 aromatic heterocycles. The van der Waals surface area contributed by atoms with Gasteiger partial charge in [-0.3, -0.25) is 14.4 Å². The van der Waals surface area contributed by atoms with Gasteiger partial charge in [-0.15, -0.1) is 0 Å². The Labute approximate surface area is 391 Å². The molecule has 0 aromatic rings. The minimum Gasteiger partial charge on any atom is -0.462 e. The molecule has 0 aromatic carbocycles. The Balaban J connectivity index is 4.32. The van der Waals surface area contributed by atoms with Crippen LogP contribution in [0.2, 0.25) is 0 Å². The summed E-state index contributed by atoms with van der Waals surface area (Å²) in [6, 6.07) is 0. The maximum atomic E-state index is 12.8. The summed E-state index contributed by atoms with van der Waals surface area (Å²) in [4.78, 5) is 38.0. The predicted octanol–water partition coefficient (Wildman–Crippen LogP) is 18.1. The lowest BCUT2D eigenvalue weighted by Gasteiger charge is -2.18. The predicted molar refractivity (Wildman–Crippen MR) is 270 cm³/mol. The maximum absolute atomic E-state index is 12.8. The zero-order chi connectivity index (χ0) is 45.8. The van der Waals surface area contributed by atoms with Crippen molar-refractivity contribution in [2.24, 2.45) is 0 Å². The number of rotatable bonds is 50. The molecule has 6 heteroatoms.